The monoisotopic (exact) mass is 397 g/mol. The SMILES string of the molecule is CN=C(NCc1ccsc1)NCc1cc(OC)c(OC)cc1Br. The summed E-state index contributed by atoms with van der Waals surface area (Å²) in [6.07, 6.45) is 0. The molecule has 1 aromatic carbocycles. The zero-order valence-corrected chi connectivity index (χ0v) is 15.8. The molecule has 2 aromatic rings. The number of hydrogen-bond acceptors (Lipinski definition) is 4. The second kappa shape index (κ2) is 8.79. The summed E-state index contributed by atoms with van der Waals surface area (Å²) < 4.78 is 11.6. The van der Waals surface area contributed by atoms with Crippen molar-refractivity contribution >= 4 is 33.2 Å². The van der Waals surface area contributed by atoms with E-state index in [1.165, 1.54) is 5.56 Å². The third-order valence-corrected chi connectivity index (χ3v) is 4.73. The van der Waals surface area contributed by atoms with Crippen LogP contribution in [0.1, 0.15) is 11.1 Å². The molecule has 23 heavy (non-hydrogen) atoms. The molecule has 0 amide bonds. The third-order valence-electron chi connectivity index (χ3n) is 3.26. The average Bonchev–Trinajstić information content (AvgIpc) is 3.09. The van der Waals surface area contributed by atoms with Crippen LogP contribution in [0.5, 0.6) is 11.5 Å². The van der Waals surface area contributed by atoms with Gasteiger partial charge in [-0.15, -0.1) is 0 Å². The molecule has 5 nitrogen and oxygen atoms in total. The summed E-state index contributed by atoms with van der Waals surface area (Å²) >= 11 is 5.25. The Morgan fingerprint density at radius 1 is 1.17 bits per heavy atom. The van der Waals surface area contributed by atoms with E-state index in [9.17, 15) is 0 Å². The number of guanidine groups is 1. The molecule has 2 N–H and O–H groups in total. The fraction of sp³-hybridized carbons (Fsp3) is 0.312. The van der Waals surface area contributed by atoms with Gasteiger partial charge in [0.2, 0.25) is 0 Å². The second-order valence-corrected chi connectivity index (χ2v) is 6.34. The van der Waals surface area contributed by atoms with E-state index >= 15 is 0 Å². The van der Waals surface area contributed by atoms with Crippen LogP contribution in [0, 0.1) is 0 Å². The highest BCUT2D eigenvalue weighted by Gasteiger charge is 2.10. The van der Waals surface area contributed by atoms with Crippen LogP contribution < -0.4 is 20.1 Å². The van der Waals surface area contributed by atoms with Crippen LogP contribution in [0.3, 0.4) is 0 Å². The molecule has 2 rings (SSSR count). The lowest BCUT2D eigenvalue weighted by Crippen LogP contribution is -2.36. The maximum Gasteiger partial charge on any atom is 0.191 e. The van der Waals surface area contributed by atoms with Crippen LogP contribution in [-0.4, -0.2) is 27.2 Å². The lowest BCUT2D eigenvalue weighted by atomic mass is 10.2. The molecule has 1 heterocycles. The van der Waals surface area contributed by atoms with Gasteiger partial charge in [0.15, 0.2) is 17.5 Å². The van der Waals surface area contributed by atoms with Gasteiger partial charge in [-0.25, -0.2) is 0 Å². The molecule has 0 fully saturated rings. The van der Waals surface area contributed by atoms with E-state index < -0.39 is 0 Å². The predicted molar refractivity (Wildman–Crippen MR) is 98.6 cm³/mol. The predicted octanol–water partition coefficient (Wildman–Crippen LogP) is 3.39. The van der Waals surface area contributed by atoms with Gasteiger partial charge in [0.1, 0.15) is 0 Å². The van der Waals surface area contributed by atoms with Crippen LogP contribution in [0.25, 0.3) is 0 Å². The lowest BCUT2D eigenvalue weighted by Gasteiger charge is -2.14. The van der Waals surface area contributed by atoms with Gasteiger partial charge >= 0.3 is 0 Å². The second-order valence-electron chi connectivity index (χ2n) is 4.71. The first-order valence-corrected chi connectivity index (χ1v) is 8.77. The van der Waals surface area contributed by atoms with Crippen molar-refractivity contribution < 1.29 is 9.47 Å². The molecule has 0 aliphatic carbocycles. The number of benzene rings is 1. The van der Waals surface area contributed by atoms with Crippen LogP contribution >= 0.6 is 27.3 Å². The summed E-state index contributed by atoms with van der Waals surface area (Å²) in [7, 11) is 5.01. The largest absolute Gasteiger partial charge is 0.493 e. The molecule has 0 bridgehead atoms. The fourth-order valence-electron chi connectivity index (χ4n) is 2.01. The lowest BCUT2D eigenvalue weighted by molar-refractivity contribution is 0.354. The van der Waals surface area contributed by atoms with E-state index in [2.05, 4.69) is 48.4 Å². The molecular weight excluding hydrogens is 378 g/mol. The van der Waals surface area contributed by atoms with Gasteiger partial charge in [-0.05, 0) is 40.1 Å². The van der Waals surface area contributed by atoms with E-state index in [-0.39, 0.29) is 0 Å². The Morgan fingerprint density at radius 3 is 2.48 bits per heavy atom. The van der Waals surface area contributed by atoms with E-state index in [0.717, 1.165) is 22.5 Å². The highest BCUT2D eigenvalue weighted by atomic mass is 79.9. The minimum absolute atomic E-state index is 0.615. The Labute approximate surface area is 148 Å². The first kappa shape index (κ1) is 17.6. The molecule has 0 aliphatic rings. The molecule has 0 saturated heterocycles. The molecule has 0 radical (unpaired) electrons. The van der Waals surface area contributed by atoms with Crippen molar-refractivity contribution in [3.05, 3.63) is 44.6 Å². The highest BCUT2D eigenvalue weighted by molar-refractivity contribution is 9.10. The quantitative estimate of drug-likeness (QED) is 0.579. The zero-order chi connectivity index (χ0) is 16.7. The van der Waals surface area contributed by atoms with Crippen LogP contribution in [0.2, 0.25) is 0 Å². The molecule has 7 heteroatoms. The minimum Gasteiger partial charge on any atom is -0.493 e. The van der Waals surface area contributed by atoms with Crippen molar-refractivity contribution in [1.29, 1.82) is 0 Å². The molecule has 0 spiro atoms. The van der Waals surface area contributed by atoms with Crippen molar-refractivity contribution in [3.63, 3.8) is 0 Å². The Morgan fingerprint density at radius 2 is 1.87 bits per heavy atom. The molecule has 0 saturated carbocycles. The van der Waals surface area contributed by atoms with Gasteiger partial charge in [0, 0.05) is 24.6 Å². The van der Waals surface area contributed by atoms with E-state index in [1.807, 2.05) is 12.1 Å². The summed E-state index contributed by atoms with van der Waals surface area (Å²) in [6.45, 7) is 1.36. The third kappa shape index (κ3) is 4.87. The number of thiophene rings is 1. The smallest absolute Gasteiger partial charge is 0.191 e. The van der Waals surface area contributed by atoms with Crippen LogP contribution in [-0.2, 0) is 13.1 Å². The van der Waals surface area contributed by atoms with Gasteiger partial charge in [-0.1, -0.05) is 15.9 Å². The molecule has 124 valence electrons. The van der Waals surface area contributed by atoms with Crippen molar-refractivity contribution in [2.75, 3.05) is 21.3 Å². The summed E-state index contributed by atoms with van der Waals surface area (Å²) in [5.74, 6) is 2.15. The maximum absolute atomic E-state index is 5.34. The summed E-state index contributed by atoms with van der Waals surface area (Å²) in [6, 6.07) is 5.94. The Kier molecular flexibility index (Phi) is 6.73. The van der Waals surface area contributed by atoms with E-state index in [4.69, 9.17) is 9.47 Å². The molecule has 0 unspecified atom stereocenters. The number of hydrogen-bond donors (Lipinski definition) is 2. The number of rotatable bonds is 6. The summed E-state index contributed by atoms with van der Waals surface area (Å²) in [5, 5.41) is 10.8. The van der Waals surface area contributed by atoms with Crippen molar-refractivity contribution in [3.8, 4) is 11.5 Å². The molecular formula is C16H20BrN3O2S. The summed E-state index contributed by atoms with van der Waals surface area (Å²) in [4.78, 5) is 4.24. The first-order valence-electron chi connectivity index (χ1n) is 7.04. The Hall–Kier alpha value is -1.73. The van der Waals surface area contributed by atoms with Crippen molar-refractivity contribution in [2.45, 2.75) is 13.1 Å². The van der Waals surface area contributed by atoms with Gasteiger partial charge in [-0.2, -0.15) is 11.3 Å². The highest BCUT2D eigenvalue weighted by Crippen LogP contribution is 2.33. The first-order chi connectivity index (χ1) is 11.2. The normalized spacial score (nSPS) is 11.2. The Bertz CT molecular complexity index is 660. The fourth-order valence-corrected chi connectivity index (χ4v) is 3.14. The van der Waals surface area contributed by atoms with E-state index in [0.29, 0.717) is 18.0 Å². The van der Waals surface area contributed by atoms with E-state index in [1.54, 1.807) is 32.6 Å². The topological polar surface area (TPSA) is 54.9 Å². The van der Waals surface area contributed by atoms with Crippen molar-refractivity contribution in [2.24, 2.45) is 4.99 Å². The number of ether oxygens (including phenoxy) is 2. The molecule has 0 atom stereocenters. The number of nitrogens with one attached hydrogen (secondary N) is 2. The van der Waals surface area contributed by atoms with Crippen LogP contribution in [0.4, 0.5) is 0 Å². The molecule has 1 aromatic heterocycles. The standard InChI is InChI=1S/C16H20BrN3O2S/c1-18-16(19-8-11-4-5-23-10-11)20-9-12-6-14(21-2)15(22-3)7-13(12)17/h4-7,10H,8-9H2,1-3H3,(H2,18,19,20). The molecule has 0 aliphatic heterocycles. The Balaban J connectivity index is 1.98. The number of halogens is 1. The maximum atomic E-state index is 5.34. The number of nitrogens with zero attached hydrogens (tertiary/aromatic N) is 1. The van der Waals surface area contributed by atoms with Crippen molar-refractivity contribution in [1.82, 2.24) is 10.6 Å². The zero-order valence-electron chi connectivity index (χ0n) is 13.4. The van der Waals surface area contributed by atoms with Gasteiger partial charge in [0.25, 0.3) is 0 Å². The summed E-state index contributed by atoms with van der Waals surface area (Å²) in [5.41, 5.74) is 2.30. The van der Waals surface area contributed by atoms with Crippen LogP contribution in [0.15, 0.2) is 38.4 Å². The van der Waals surface area contributed by atoms with Gasteiger partial charge < -0.3 is 20.1 Å². The number of methoxy groups -OCH3 is 2. The van der Waals surface area contributed by atoms with Gasteiger partial charge in [0.05, 0.1) is 14.2 Å². The minimum atomic E-state index is 0.615. The van der Waals surface area contributed by atoms with Gasteiger partial charge in [-0.3, -0.25) is 4.99 Å². The average molecular weight is 398 g/mol. The number of aliphatic imine (C=N–C) groups is 1.